The van der Waals surface area contributed by atoms with Gasteiger partial charge in [0.05, 0.1) is 13.1 Å². The first-order valence-corrected chi connectivity index (χ1v) is 8.47. The van der Waals surface area contributed by atoms with Gasteiger partial charge in [-0.05, 0) is 24.8 Å². The van der Waals surface area contributed by atoms with Crippen molar-refractivity contribution in [3.63, 3.8) is 0 Å². The maximum atomic E-state index is 4.68. The number of aromatic nitrogens is 3. The molecule has 0 fully saturated rings. The van der Waals surface area contributed by atoms with Crippen molar-refractivity contribution in [1.82, 2.24) is 25.4 Å². The first-order valence-electron chi connectivity index (χ1n) is 8.47. The van der Waals surface area contributed by atoms with E-state index in [1.807, 2.05) is 36.7 Å². The zero-order chi connectivity index (χ0) is 17.4. The Morgan fingerprint density at radius 1 is 1.17 bits per heavy atom. The molecule has 0 saturated carbocycles. The number of hydrogen-bond acceptors (Lipinski definition) is 3. The van der Waals surface area contributed by atoms with Gasteiger partial charge in [-0.15, -0.1) is 10.2 Å². The first kappa shape index (κ1) is 18.0. The summed E-state index contributed by atoms with van der Waals surface area (Å²) in [5, 5.41) is 15.0. The molecule has 1 heterocycles. The molecule has 2 aromatic rings. The Kier molecular flexibility index (Phi) is 6.78. The number of hydrogen-bond donors (Lipinski definition) is 2. The molecule has 0 radical (unpaired) electrons. The van der Waals surface area contributed by atoms with E-state index in [-0.39, 0.29) is 0 Å². The third-order valence-electron chi connectivity index (χ3n) is 3.87. The Hall–Kier alpha value is -2.37. The van der Waals surface area contributed by atoms with Crippen molar-refractivity contribution in [3.05, 3.63) is 47.5 Å². The third-order valence-corrected chi connectivity index (χ3v) is 3.87. The molecule has 0 aliphatic rings. The number of nitrogens with zero attached hydrogens (tertiary/aromatic N) is 4. The third kappa shape index (κ3) is 5.68. The fraction of sp³-hybridized carbons (Fsp3) is 0.500. The molecule has 0 saturated heterocycles. The van der Waals surface area contributed by atoms with Gasteiger partial charge in [0.25, 0.3) is 0 Å². The van der Waals surface area contributed by atoms with E-state index in [1.165, 1.54) is 5.56 Å². The zero-order valence-corrected chi connectivity index (χ0v) is 15.1. The van der Waals surface area contributed by atoms with Crippen LogP contribution in [0.2, 0.25) is 0 Å². The summed E-state index contributed by atoms with van der Waals surface area (Å²) in [6, 6.07) is 10.3. The highest BCUT2D eigenvalue weighted by Gasteiger charge is 2.06. The first-order chi connectivity index (χ1) is 11.6. The quantitative estimate of drug-likeness (QED) is 0.605. The number of guanidine groups is 1. The van der Waals surface area contributed by atoms with E-state index in [1.54, 1.807) is 0 Å². The SMILES string of the molecule is Cc1nnc(CNC(=NCc2ccccc2)NCCC(C)C)n1C. The molecular weight excluding hydrogens is 300 g/mol. The molecule has 2 rings (SSSR count). The molecule has 6 nitrogen and oxygen atoms in total. The van der Waals surface area contributed by atoms with E-state index >= 15 is 0 Å². The molecule has 0 spiro atoms. The van der Waals surface area contributed by atoms with Crippen molar-refractivity contribution in [1.29, 1.82) is 0 Å². The maximum absolute atomic E-state index is 4.68. The van der Waals surface area contributed by atoms with Crippen LogP contribution in [0.25, 0.3) is 0 Å². The molecular formula is C18H28N6. The summed E-state index contributed by atoms with van der Waals surface area (Å²) in [6.45, 7) is 8.53. The van der Waals surface area contributed by atoms with Gasteiger partial charge in [-0.2, -0.15) is 0 Å². The van der Waals surface area contributed by atoms with Crippen LogP contribution < -0.4 is 10.6 Å². The van der Waals surface area contributed by atoms with E-state index in [2.05, 4.69) is 51.8 Å². The molecule has 0 amide bonds. The largest absolute Gasteiger partial charge is 0.356 e. The summed E-state index contributed by atoms with van der Waals surface area (Å²) < 4.78 is 1.98. The average molecular weight is 328 g/mol. The van der Waals surface area contributed by atoms with Crippen LogP contribution in [-0.4, -0.2) is 27.3 Å². The maximum Gasteiger partial charge on any atom is 0.191 e. The molecule has 0 bridgehead atoms. The fourth-order valence-electron chi connectivity index (χ4n) is 2.18. The van der Waals surface area contributed by atoms with E-state index < -0.39 is 0 Å². The van der Waals surface area contributed by atoms with Crippen molar-refractivity contribution in [3.8, 4) is 0 Å². The lowest BCUT2D eigenvalue weighted by molar-refractivity contribution is 0.572. The molecule has 0 atom stereocenters. The van der Waals surface area contributed by atoms with Crippen LogP contribution in [-0.2, 0) is 20.1 Å². The highest BCUT2D eigenvalue weighted by molar-refractivity contribution is 5.79. The van der Waals surface area contributed by atoms with Gasteiger partial charge < -0.3 is 15.2 Å². The Morgan fingerprint density at radius 3 is 2.54 bits per heavy atom. The second-order valence-electron chi connectivity index (χ2n) is 6.34. The minimum absolute atomic E-state index is 0.597. The molecule has 0 unspecified atom stereocenters. The number of aliphatic imine (C=N–C) groups is 1. The molecule has 0 aliphatic heterocycles. The smallest absolute Gasteiger partial charge is 0.191 e. The number of nitrogens with one attached hydrogen (secondary N) is 2. The van der Waals surface area contributed by atoms with Crippen molar-refractivity contribution in [2.45, 2.75) is 40.3 Å². The summed E-state index contributed by atoms with van der Waals surface area (Å²) in [4.78, 5) is 4.68. The van der Waals surface area contributed by atoms with Crippen molar-refractivity contribution in [2.75, 3.05) is 6.54 Å². The van der Waals surface area contributed by atoms with Crippen LogP contribution in [0, 0.1) is 12.8 Å². The van der Waals surface area contributed by atoms with Crippen molar-refractivity contribution >= 4 is 5.96 Å². The molecule has 0 aliphatic carbocycles. The van der Waals surface area contributed by atoms with Crippen molar-refractivity contribution in [2.24, 2.45) is 18.0 Å². The average Bonchev–Trinajstić information content (AvgIpc) is 2.89. The predicted octanol–water partition coefficient (Wildman–Crippen LogP) is 2.41. The number of aryl methyl sites for hydroxylation is 1. The fourth-order valence-corrected chi connectivity index (χ4v) is 2.18. The van der Waals surface area contributed by atoms with Gasteiger partial charge >= 0.3 is 0 Å². The Bertz CT molecular complexity index is 645. The summed E-state index contributed by atoms with van der Waals surface area (Å²) in [5.41, 5.74) is 1.19. The van der Waals surface area contributed by atoms with Crippen LogP contribution >= 0.6 is 0 Å². The van der Waals surface area contributed by atoms with Gasteiger partial charge in [0, 0.05) is 13.6 Å². The van der Waals surface area contributed by atoms with Crippen molar-refractivity contribution < 1.29 is 0 Å². The highest BCUT2D eigenvalue weighted by atomic mass is 15.3. The lowest BCUT2D eigenvalue weighted by Gasteiger charge is -2.13. The molecule has 130 valence electrons. The monoisotopic (exact) mass is 328 g/mol. The van der Waals surface area contributed by atoms with Gasteiger partial charge in [0.2, 0.25) is 0 Å². The van der Waals surface area contributed by atoms with Crippen LogP contribution in [0.1, 0.15) is 37.5 Å². The van der Waals surface area contributed by atoms with Crippen LogP contribution in [0.3, 0.4) is 0 Å². The highest BCUT2D eigenvalue weighted by Crippen LogP contribution is 2.01. The number of rotatable bonds is 7. The minimum atomic E-state index is 0.597. The Morgan fingerprint density at radius 2 is 1.92 bits per heavy atom. The molecule has 1 aromatic carbocycles. The van der Waals surface area contributed by atoms with Gasteiger partial charge in [-0.25, -0.2) is 4.99 Å². The van der Waals surface area contributed by atoms with Gasteiger partial charge in [0.1, 0.15) is 5.82 Å². The summed E-state index contributed by atoms with van der Waals surface area (Å²) >= 11 is 0. The second kappa shape index (κ2) is 9.05. The lowest BCUT2D eigenvalue weighted by Crippen LogP contribution is -2.38. The summed E-state index contributed by atoms with van der Waals surface area (Å²) in [5.74, 6) is 3.27. The topological polar surface area (TPSA) is 67.1 Å². The van der Waals surface area contributed by atoms with Gasteiger partial charge in [0.15, 0.2) is 11.8 Å². The normalized spacial score (nSPS) is 11.8. The summed E-state index contributed by atoms with van der Waals surface area (Å²) in [6.07, 6.45) is 1.11. The molecule has 24 heavy (non-hydrogen) atoms. The molecule has 6 heteroatoms. The molecule has 1 aromatic heterocycles. The molecule has 2 N–H and O–H groups in total. The minimum Gasteiger partial charge on any atom is -0.356 e. The second-order valence-corrected chi connectivity index (χ2v) is 6.34. The predicted molar refractivity (Wildman–Crippen MR) is 97.6 cm³/mol. The number of benzene rings is 1. The van der Waals surface area contributed by atoms with Crippen LogP contribution in [0.4, 0.5) is 0 Å². The van der Waals surface area contributed by atoms with Crippen LogP contribution in [0.5, 0.6) is 0 Å². The van der Waals surface area contributed by atoms with E-state index in [9.17, 15) is 0 Å². The van der Waals surface area contributed by atoms with Gasteiger partial charge in [-0.1, -0.05) is 44.2 Å². The zero-order valence-electron chi connectivity index (χ0n) is 15.1. The van der Waals surface area contributed by atoms with Gasteiger partial charge in [-0.3, -0.25) is 0 Å². The summed E-state index contributed by atoms with van der Waals surface area (Å²) in [7, 11) is 1.97. The van der Waals surface area contributed by atoms with E-state index in [4.69, 9.17) is 0 Å². The standard InChI is InChI=1S/C18H28N6/c1-14(2)10-11-19-18(20-12-16-8-6-5-7-9-16)21-13-17-23-22-15(3)24(17)4/h5-9,14H,10-13H2,1-4H3,(H2,19,20,21). The Balaban J connectivity index is 1.97. The van der Waals surface area contributed by atoms with Crippen LogP contribution in [0.15, 0.2) is 35.3 Å². The van der Waals surface area contributed by atoms with E-state index in [0.717, 1.165) is 30.6 Å². The van der Waals surface area contributed by atoms with E-state index in [0.29, 0.717) is 19.0 Å². The Labute approximate surface area is 144 Å². The lowest BCUT2D eigenvalue weighted by atomic mass is 10.1.